The first kappa shape index (κ1) is 23.6. The van der Waals surface area contributed by atoms with Crippen molar-refractivity contribution in [3.05, 3.63) is 157 Å². The molecule has 35 heavy (non-hydrogen) atoms. The van der Waals surface area contributed by atoms with Crippen LogP contribution in [0.2, 0.25) is 0 Å². The van der Waals surface area contributed by atoms with Gasteiger partial charge >= 0.3 is 0 Å². The summed E-state index contributed by atoms with van der Waals surface area (Å²) < 4.78 is 0. The Balaban J connectivity index is 0.000000137. The van der Waals surface area contributed by atoms with Crippen molar-refractivity contribution in [3.8, 4) is 0 Å². The predicted octanol–water partition coefficient (Wildman–Crippen LogP) is 8.12. The van der Waals surface area contributed by atoms with Gasteiger partial charge in [-0.05, 0) is 51.9 Å². The van der Waals surface area contributed by atoms with E-state index in [9.17, 15) is 0 Å². The lowest BCUT2D eigenvalue weighted by Crippen LogP contribution is -1.89. The van der Waals surface area contributed by atoms with Crippen LogP contribution in [0.15, 0.2) is 146 Å². The highest BCUT2D eigenvalue weighted by Crippen LogP contribution is 2.21. The van der Waals surface area contributed by atoms with Gasteiger partial charge in [0, 0.05) is 16.8 Å². The van der Waals surface area contributed by atoms with E-state index in [1.807, 2.05) is 60.7 Å². The summed E-state index contributed by atoms with van der Waals surface area (Å²) in [6.45, 7) is 0. The van der Waals surface area contributed by atoms with Gasteiger partial charge in [-0.3, -0.25) is 0 Å². The monoisotopic (exact) mass is 454 g/mol. The van der Waals surface area contributed by atoms with Crippen molar-refractivity contribution in [1.29, 1.82) is 0 Å². The fourth-order valence-electron chi connectivity index (χ4n) is 3.97. The Morgan fingerprint density at radius 1 is 0.400 bits per heavy atom. The summed E-state index contributed by atoms with van der Waals surface area (Å²) in [5.74, 6) is 0. The molecule has 0 aliphatic heterocycles. The zero-order valence-corrected chi connectivity index (χ0v) is 19.7. The van der Waals surface area contributed by atoms with E-state index in [0.717, 1.165) is 23.2 Å². The number of para-hydroxylation sites is 1. The van der Waals surface area contributed by atoms with Crippen LogP contribution >= 0.6 is 0 Å². The standard InChI is InChI=1S/C17H14.C10H9N.C6H7N/c1-2-7-14(8-3-1)13-16-11-6-10-15-9-4-5-12-17(15)16;11-10-7-3-5-8-4-1-2-6-9(8)10;7-6-4-2-1-3-5-6/h1-12H,13H2;1-7H,11H2;1-5H,7H2. The van der Waals surface area contributed by atoms with Crippen LogP contribution in [0.1, 0.15) is 11.1 Å². The van der Waals surface area contributed by atoms with Gasteiger partial charge in [-0.25, -0.2) is 0 Å². The molecule has 0 radical (unpaired) electrons. The van der Waals surface area contributed by atoms with Crippen LogP contribution in [0.25, 0.3) is 21.5 Å². The van der Waals surface area contributed by atoms with Crippen LogP contribution in [0.4, 0.5) is 11.4 Å². The van der Waals surface area contributed by atoms with Crippen LogP contribution < -0.4 is 11.5 Å². The maximum absolute atomic E-state index is 5.76. The van der Waals surface area contributed by atoms with Gasteiger partial charge in [-0.2, -0.15) is 0 Å². The second-order valence-electron chi connectivity index (χ2n) is 8.28. The molecule has 6 aromatic rings. The highest BCUT2D eigenvalue weighted by Gasteiger charge is 2.01. The minimum Gasteiger partial charge on any atom is -0.399 e. The number of benzene rings is 6. The molecule has 0 heterocycles. The van der Waals surface area contributed by atoms with Gasteiger partial charge in [0.25, 0.3) is 0 Å². The van der Waals surface area contributed by atoms with E-state index in [-0.39, 0.29) is 0 Å². The minimum absolute atomic E-state index is 0.822. The summed E-state index contributed by atoms with van der Waals surface area (Å²) in [7, 11) is 0. The molecular weight excluding hydrogens is 424 g/mol. The number of anilines is 2. The maximum atomic E-state index is 5.76. The Hall–Kier alpha value is -4.56. The van der Waals surface area contributed by atoms with E-state index in [1.54, 1.807) is 0 Å². The second-order valence-corrected chi connectivity index (χ2v) is 8.28. The fourth-order valence-corrected chi connectivity index (χ4v) is 3.97. The van der Waals surface area contributed by atoms with Crippen molar-refractivity contribution in [2.75, 3.05) is 11.5 Å². The summed E-state index contributed by atoms with van der Waals surface area (Å²) in [6, 6.07) is 49.3. The lowest BCUT2D eigenvalue weighted by Gasteiger charge is -2.06. The molecular formula is C33H30N2. The molecule has 172 valence electrons. The number of hydrogen-bond donors (Lipinski definition) is 2. The molecule has 0 atom stereocenters. The molecule has 0 amide bonds. The molecule has 0 fully saturated rings. The Morgan fingerprint density at radius 3 is 1.49 bits per heavy atom. The molecule has 4 N–H and O–H groups in total. The van der Waals surface area contributed by atoms with Gasteiger partial charge < -0.3 is 11.5 Å². The van der Waals surface area contributed by atoms with Gasteiger partial charge in [0.2, 0.25) is 0 Å². The zero-order chi connectivity index (χ0) is 24.3. The van der Waals surface area contributed by atoms with Crippen LogP contribution in [0.5, 0.6) is 0 Å². The molecule has 0 saturated carbocycles. The summed E-state index contributed by atoms with van der Waals surface area (Å²) >= 11 is 0. The molecule has 0 aromatic heterocycles. The van der Waals surface area contributed by atoms with Crippen molar-refractivity contribution in [2.45, 2.75) is 6.42 Å². The number of hydrogen-bond acceptors (Lipinski definition) is 2. The number of nitrogen functional groups attached to an aromatic ring is 2. The van der Waals surface area contributed by atoms with Gasteiger partial charge in [0.1, 0.15) is 0 Å². The maximum Gasteiger partial charge on any atom is 0.0393 e. The average molecular weight is 455 g/mol. The largest absolute Gasteiger partial charge is 0.399 e. The highest BCUT2D eigenvalue weighted by molar-refractivity contribution is 5.92. The van der Waals surface area contributed by atoms with Crippen LogP contribution in [0.3, 0.4) is 0 Å². The summed E-state index contributed by atoms with van der Waals surface area (Å²) in [5, 5.41) is 5.02. The average Bonchev–Trinajstić information content (AvgIpc) is 2.91. The third-order valence-corrected chi connectivity index (χ3v) is 5.74. The molecule has 0 spiro atoms. The number of nitrogens with two attached hydrogens (primary N) is 2. The molecule has 0 bridgehead atoms. The molecule has 2 heteroatoms. The number of fused-ring (bicyclic) bond motifs is 2. The van der Waals surface area contributed by atoms with E-state index in [1.165, 1.54) is 27.3 Å². The molecule has 0 saturated heterocycles. The van der Waals surface area contributed by atoms with Crippen LogP contribution in [0, 0.1) is 0 Å². The quantitative estimate of drug-likeness (QED) is 0.260. The first-order valence-electron chi connectivity index (χ1n) is 11.7. The molecule has 0 unspecified atom stereocenters. The second kappa shape index (κ2) is 12.1. The van der Waals surface area contributed by atoms with E-state index < -0.39 is 0 Å². The van der Waals surface area contributed by atoms with E-state index in [2.05, 4.69) is 84.9 Å². The molecule has 6 rings (SSSR count). The first-order valence-corrected chi connectivity index (χ1v) is 11.7. The lowest BCUT2D eigenvalue weighted by molar-refractivity contribution is 1.21. The first-order chi connectivity index (χ1) is 17.2. The Morgan fingerprint density at radius 2 is 0.886 bits per heavy atom. The summed E-state index contributed by atoms with van der Waals surface area (Å²) in [6.07, 6.45) is 1.00. The van der Waals surface area contributed by atoms with Crippen molar-refractivity contribution in [3.63, 3.8) is 0 Å². The third kappa shape index (κ3) is 6.72. The normalized spacial score (nSPS) is 10.1. The zero-order valence-electron chi connectivity index (χ0n) is 19.7. The van der Waals surface area contributed by atoms with Gasteiger partial charge in [0.15, 0.2) is 0 Å². The van der Waals surface area contributed by atoms with E-state index >= 15 is 0 Å². The van der Waals surface area contributed by atoms with Gasteiger partial charge in [-0.15, -0.1) is 0 Å². The van der Waals surface area contributed by atoms with Crippen molar-refractivity contribution >= 4 is 32.9 Å². The van der Waals surface area contributed by atoms with Crippen LogP contribution in [-0.2, 0) is 6.42 Å². The fraction of sp³-hybridized carbons (Fsp3) is 0.0303. The third-order valence-electron chi connectivity index (χ3n) is 5.74. The van der Waals surface area contributed by atoms with Crippen molar-refractivity contribution < 1.29 is 0 Å². The minimum atomic E-state index is 0.822. The van der Waals surface area contributed by atoms with E-state index in [0.29, 0.717) is 0 Å². The van der Waals surface area contributed by atoms with Crippen molar-refractivity contribution in [2.24, 2.45) is 0 Å². The summed E-state index contributed by atoms with van der Waals surface area (Å²) in [5.41, 5.74) is 15.5. The molecule has 6 aromatic carbocycles. The topological polar surface area (TPSA) is 52.0 Å². The Labute approximate surface area is 207 Å². The van der Waals surface area contributed by atoms with E-state index in [4.69, 9.17) is 11.5 Å². The molecule has 0 aliphatic rings. The van der Waals surface area contributed by atoms with Gasteiger partial charge in [-0.1, -0.05) is 127 Å². The Bertz CT molecular complexity index is 1460. The van der Waals surface area contributed by atoms with Crippen LogP contribution in [-0.4, -0.2) is 0 Å². The molecule has 2 nitrogen and oxygen atoms in total. The molecule has 0 aliphatic carbocycles. The SMILES string of the molecule is Nc1cccc2ccccc12.Nc1ccccc1.c1ccc(Cc2cccc3ccccc23)cc1. The predicted molar refractivity (Wildman–Crippen MR) is 152 cm³/mol. The summed E-state index contributed by atoms with van der Waals surface area (Å²) in [4.78, 5) is 0. The lowest BCUT2D eigenvalue weighted by atomic mass is 9.99. The highest BCUT2D eigenvalue weighted by atomic mass is 14.5. The Kier molecular flexibility index (Phi) is 8.13. The smallest absolute Gasteiger partial charge is 0.0393 e. The van der Waals surface area contributed by atoms with Gasteiger partial charge in [0.05, 0.1) is 0 Å². The number of rotatable bonds is 2. The van der Waals surface area contributed by atoms with Crippen molar-refractivity contribution in [1.82, 2.24) is 0 Å².